The van der Waals surface area contributed by atoms with Gasteiger partial charge in [0.05, 0.1) is 23.3 Å². The molecule has 1 aliphatic heterocycles. The standard InChI is InChI=1S/C16H24ClN3O3/c1-16(2)11-20(15-13(17)6-5-7-18-15)8-12(23-16)9-22-10-14(21)19(3)4/h5-7,12H,8-11H2,1-4H3/t12-/m0/s1. The Morgan fingerprint density at radius 3 is 2.96 bits per heavy atom. The molecule has 0 aliphatic carbocycles. The summed E-state index contributed by atoms with van der Waals surface area (Å²) in [6, 6.07) is 3.64. The van der Waals surface area contributed by atoms with Crippen LogP contribution < -0.4 is 4.90 Å². The first-order chi connectivity index (χ1) is 10.8. The third kappa shape index (κ3) is 5.06. The molecule has 1 saturated heterocycles. The van der Waals surface area contributed by atoms with Crippen molar-refractivity contribution in [1.82, 2.24) is 9.88 Å². The lowest BCUT2D eigenvalue weighted by Crippen LogP contribution is -2.54. The van der Waals surface area contributed by atoms with Crippen molar-refractivity contribution in [2.75, 3.05) is 45.3 Å². The molecule has 7 heteroatoms. The number of morpholine rings is 1. The van der Waals surface area contributed by atoms with E-state index in [4.69, 9.17) is 21.1 Å². The van der Waals surface area contributed by atoms with Gasteiger partial charge < -0.3 is 19.3 Å². The van der Waals surface area contributed by atoms with Crippen LogP contribution in [-0.2, 0) is 14.3 Å². The first kappa shape index (κ1) is 18.0. The van der Waals surface area contributed by atoms with E-state index >= 15 is 0 Å². The van der Waals surface area contributed by atoms with Crippen molar-refractivity contribution in [2.45, 2.75) is 25.6 Å². The monoisotopic (exact) mass is 341 g/mol. The molecule has 1 aromatic rings. The molecule has 6 nitrogen and oxygen atoms in total. The Labute approximate surface area is 142 Å². The highest BCUT2D eigenvalue weighted by Gasteiger charge is 2.34. The number of likely N-dealkylation sites (N-methyl/N-ethyl adjacent to an activating group) is 1. The third-order valence-electron chi connectivity index (χ3n) is 3.55. The van der Waals surface area contributed by atoms with E-state index in [1.165, 1.54) is 4.90 Å². The van der Waals surface area contributed by atoms with E-state index in [0.717, 1.165) is 5.82 Å². The maximum Gasteiger partial charge on any atom is 0.248 e. The maximum atomic E-state index is 11.6. The largest absolute Gasteiger partial charge is 0.369 e. The van der Waals surface area contributed by atoms with Crippen LogP contribution in [0.15, 0.2) is 18.3 Å². The molecule has 1 aliphatic rings. The summed E-state index contributed by atoms with van der Waals surface area (Å²) in [5, 5.41) is 0.618. The van der Waals surface area contributed by atoms with Gasteiger partial charge in [-0.2, -0.15) is 0 Å². The summed E-state index contributed by atoms with van der Waals surface area (Å²) in [7, 11) is 3.41. The van der Waals surface area contributed by atoms with Gasteiger partial charge in [-0.15, -0.1) is 0 Å². The molecule has 0 radical (unpaired) electrons. The molecule has 0 spiro atoms. The molecule has 1 fully saturated rings. The van der Waals surface area contributed by atoms with Crippen molar-refractivity contribution >= 4 is 23.3 Å². The van der Waals surface area contributed by atoms with Crippen LogP contribution >= 0.6 is 11.6 Å². The number of pyridine rings is 1. The lowest BCUT2D eigenvalue weighted by atomic mass is 10.1. The van der Waals surface area contributed by atoms with Crippen molar-refractivity contribution < 1.29 is 14.3 Å². The lowest BCUT2D eigenvalue weighted by molar-refractivity contribution is -0.139. The van der Waals surface area contributed by atoms with Gasteiger partial charge in [0.1, 0.15) is 12.4 Å². The quantitative estimate of drug-likeness (QED) is 0.817. The number of rotatable bonds is 5. The van der Waals surface area contributed by atoms with Gasteiger partial charge in [0.15, 0.2) is 0 Å². The number of carbonyl (C=O) groups is 1. The second-order valence-corrected chi connectivity index (χ2v) is 6.90. The fourth-order valence-corrected chi connectivity index (χ4v) is 2.80. The van der Waals surface area contributed by atoms with E-state index in [1.54, 1.807) is 20.3 Å². The smallest absolute Gasteiger partial charge is 0.248 e. The van der Waals surface area contributed by atoms with Gasteiger partial charge in [-0.25, -0.2) is 4.98 Å². The van der Waals surface area contributed by atoms with Gasteiger partial charge in [-0.05, 0) is 26.0 Å². The van der Waals surface area contributed by atoms with Crippen LogP contribution in [0.4, 0.5) is 5.82 Å². The van der Waals surface area contributed by atoms with Gasteiger partial charge >= 0.3 is 0 Å². The summed E-state index contributed by atoms with van der Waals surface area (Å²) in [5.41, 5.74) is -0.349. The Balaban J connectivity index is 1.99. The van der Waals surface area contributed by atoms with Crippen LogP contribution in [0.1, 0.15) is 13.8 Å². The summed E-state index contributed by atoms with van der Waals surface area (Å²) in [6.45, 7) is 5.76. The van der Waals surface area contributed by atoms with E-state index in [9.17, 15) is 4.79 Å². The third-order valence-corrected chi connectivity index (χ3v) is 3.84. The van der Waals surface area contributed by atoms with Crippen LogP contribution in [0.5, 0.6) is 0 Å². The summed E-state index contributed by atoms with van der Waals surface area (Å²) >= 11 is 6.25. The average molecular weight is 342 g/mol. The summed E-state index contributed by atoms with van der Waals surface area (Å²) in [4.78, 5) is 19.5. The second kappa shape index (κ2) is 7.47. The Bertz CT molecular complexity index is 551. The van der Waals surface area contributed by atoms with Crippen LogP contribution in [-0.4, -0.2) is 67.9 Å². The molecule has 1 aromatic heterocycles. The molecular formula is C16H24ClN3O3. The predicted octanol–water partition coefficient (Wildman–Crippen LogP) is 1.82. The molecule has 23 heavy (non-hydrogen) atoms. The number of nitrogens with zero attached hydrogens (tertiary/aromatic N) is 3. The van der Waals surface area contributed by atoms with Crippen molar-refractivity contribution in [2.24, 2.45) is 0 Å². The highest BCUT2D eigenvalue weighted by Crippen LogP contribution is 2.29. The lowest BCUT2D eigenvalue weighted by Gasteiger charge is -2.43. The van der Waals surface area contributed by atoms with Crippen molar-refractivity contribution in [1.29, 1.82) is 0 Å². The molecule has 0 saturated carbocycles. The van der Waals surface area contributed by atoms with E-state index in [1.807, 2.05) is 26.0 Å². The molecule has 0 unspecified atom stereocenters. The highest BCUT2D eigenvalue weighted by molar-refractivity contribution is 6.32. The zero-order valence-corrected chi connectivity index (χ0v) is 14.8. The molecule has 2 rings (SSSR count). The average Bonchev–Trinajstić information content (AvgIpc) is 2.45. The number of carbonyl (C=O) groups excluding carboxylic acids is 1. The van der Waals surface area contributed by atoms with E-state index in [2.05, 4.69) is 9.88 Å². The van der Waals surface area contributed by atoms with E-state index in [0.29, 0.717) is 24.7 Å². The summed E-state index contributed by atoms with van der Waals surface area (Å²) < 4.78 is 11.6. The number of anilines is 1. The minimum atomic E-state index is -0.349. The Hall–Kier alpha value is -1.37. The van der Waals surface area contributed by atoms with Gasteiger partial charge in [0.25, 0.3) is 0 Å². The van der Waals surface area contributed by atoms with Crippen molar-refractivity contribution in [3.05, 3.63) is 23.4 Å². The van der Waals surface area contributed by atoms with E-state index in [-0.39, 0.29) is 24.2 Å². The predicted molar refractivity (Wildman–Crippen MR) is 89.9 cm³/mol. The first-order valence-electron chi connectivity index (χ1n) is 7.60. The molecule has 2 heterocycles. The van der Waals surface area contributed by atoms with Gasteiger partial charge in [0.2, 0.25) is 5.91 Å². The molecule has 128 valence electrons. The molecule has 0 aromatic carbocycles. The van der Waals surface area contributed by atoms with Crippen LogP contribution in [0.2, 0.25) is 5.02 Å². The maximum absolute atomic E-state index is 11.6. The first-order valence-corrected chi connectivity index (χ1v) is 7.97. The van der Waals surface area contributed by atoms with Gasteiger partial charge in [0, 0.05) is 33.4 Å². The zero-order valence-electron chi connectivity index (χ0n) is 14.1. The van der Waals surface area contributed by atoms with Gasteiger partial charge in [-0.3, -0.25) is 4.79 Å². The van der Waals surface area contributed by atoms with Crippen LogP contribution in [0.25, 0.3) is 0 Å². The molecule has 0 N–H and O–H groups in total. The number of hydrogen-bond acceptors (Lipinski definition) is 5. The molecular weight excluding hydrogens is 318 g/mol. The van der Waals surface area contributed by atoms with Crippen LogP contribution in [0.3, 0.4) is 0 Å². The van der Waals surface area contributed by atoms with Gasteiger partial charge in [-0.1, -0.05) is 11.6 Å². The molecule has 1 amide bonds. The number of halogens is 1. The Kier molecular flexibility index (Phi) is 5.84. The zero-order chi connectivity index (χ0) is 17.0. The van der Waals surface area contributed by atoms with Crippen molar-refractivity contribution in [3.8, 4) is 0 Å². The topological polar surface area (TPSA) is 54.9 Å². The SMILES string of the molecule is CN(C)C(=O)COC[C@@H]1CN(c2ncccc2Cl)CC(C)(C)O1. The number of ether oxygens (including phenoxy) is 2. The summed E-state index contributed by atoms with van der Waals surface area (Å²) in [6.07, 6.45) is 1.58. The minimum absolute atomic E-state index is 0.0532. The highest BCUT2D eigenvalue weighted by atomic mass is 35.5. The Morgan fingerprint density at radius 2 is 2.30 bits per heavy atom. The normalized spacial score (nSPS) is 20.4. The number of amides is 1. The van der Waals surface area contributed by atoms with E-state index < -0.39 is 0 Å². The molecule has 0 bridgehead atoms. The van der Waals surface area contributed by atoms with Crippen LogP contribution in [0, 0.1) is 0 Å². The fraction of sp³-hybridized carbons (Fsp3) is 0.625. The Morgan fingerprint density at radius 1 is 1.57 bits per heavy atom. The fourth-order valence-electron chi connectivity index (χ4n) is 2.56. The number of aromatic nitrogens is 1. The minimum Gasteiger partial charge on any atom is -0.369 e. The number of hydrogen-bond donors (Lipinski definition) is 0. The second-order valence-electron chi connectivity index (χ2n) is 6.49. The summed E-state index contributed by atoms with van der Waals surface area (Å²) in [5.74, 6) is 0.685. The van der Waals surface area contributed by atoms with Crippen molar-refractivity contribution in [3.63, 3.8) is 0 Å². The molecule has 1 atom stereocenters.